The Labute approximate surface area is 181 Å². The van der Waals surface area contributed by atoms with E-state index in [1.807, 2.05) is 55.5 Å². The van der Waals surface area contributed by atoms with Crippen LogP contribution in [0.1, 0.15) is 18.1 Å². The molecule has 0 aliphatic rings. The van der Waals surface area contributed by atoms with Gasteiger partial charge in [-0.15, -0.1) is 23.2 Å². The topological polar surface area (TPSA) is 72.6 Å². The van der Waals surface area contributed by atoms with Crippen molar-refractivity contribution in [3.8, 4) is 0 Å². The summed E-state index contributed by atoms with van der Waals surface area (Å²) in [6.45, 7) is 5.19. The number of hydrogen-bond donors (Lipinski definition) is 2. The van der Waals surface area contributed by atoms with Crippen molar-refractivity contribution >= 4 is 52.3 Å². The van der Waals surface area contributed by atoms with Crippen LogP contribution in [0.25, 0.3) is 0 Å². The molecule has 0 aliphatic heterocycles. The highest BCUT2D eigenvalue weighted by atomic mass is 35.5. The zero-order chi connectivity index (χ0) is 21.1. The third kappa shape index (κ3) is 7.49. The molecule has 0 spiro atoms. The van der Waals surface area contributed by atoms with Crippen molar-refractivity contribution in [2.24, 2.45) is 15.2 Å². The Hall–Kier alpha value is -2.41. The summed E-state index contributed by atoms with van der Waals surface area (Å²) >= 11 is 11.7. The van der Waals surface area contributed by atoms with Crippen LogP contribution in [0.5, 0.6) is 0 Å². The van der Waals surface area contributed by atoms with Crippen molar-refractivity contribution in [2.45, 2.75) is 13.8 Å². The number of aryl methyl sites for hydroxylation is 1. The third-order valence-corrected chi connectivity index (χ3v) is 4.44. The van der Waals surface area contributed by atoms with E-state index in [-0.39, 0.29) is 5.84 Å². The van der Waals surface area contributed by atoms with E-state index in [2.05, 4.69) is 25.6 Å². The predicted octanol–water partition coefficient (Wildman–Crippen LogP) is 4.78. The Morgan fingerprint density at radius 1 is 1.03 bits per heavy atom. The van der Waals surface area contributed by atoms with Crippen molar-refractivity contribution < 1.29 is 5.21 Å². The molecule has 2 rings (SSSR count). The Kier molecular flexibility index (Phi) is 9.64. The van der Waals surface area contributed by atoms with Gasteiger partial charge in [0.1, 0.15) is 5.71 Å². The van der Waals surface area contributed by atoms with Gasteiger partial charge in [-0.2, -0.15) is 10.2 Å². The lowest BCUT2D eigenvalue weighted by Gasteiger charge is -2.22. The van der Waals surface area contributed by atoms with E-state index in [1.54, 1.807) is 13.1 Å². The molecule has 0 saturated heterocycles. The molecule has 2 N–H and O–H groups in total. The van der Waals surface area contributed by atoms with E-state index in [4.69, 9.17) is 23.2 Å². The quantitative estimate of drug-likeness (QED) is 0.258. The van der Waals surface area contributed by atoms with Crippen LogP contribution in [0.4, 0.5) is 11.4 Å². The molecule has 0 radical (unpaired) electrons. The second kappa shape index (κ2) is 12.2. The van der Waals surface area contributed by atoms with Gasteiger partial charge in [0.05, 0.1) is 11.9 Å². The number of amidine groups is 1. The monoisotopic (exact) mass is 433 g/mol. The molecule has 154 valence electrons. The second-order valence-electron chi connectivity index (χ2n) is 6.29. The first-order valence-electron chi connectivity index (χ1n) is 9.17. The molecule has 2 aromatic rings. The normalized spacial score (nSPS) is 12.4. The molecule has 0 heterocycles. The van der Waals surface area contributed by atoms with Crippen LogP contribution in [0, 0.1) is 6.92 Å². The summed E-state index contributed by atoms with van der Waals surface area (Å²) in [7, 11) is 0. The average molecular weight is 434 g/mol. The number of hydroxylamine groups is 1. The van der Waals surface area contributed by atoms with Gasteiger partial charge in [0.15, 0.2) is 5.84 Å². The van der Waals surface area contributed by atoms with E-state index in [9.17, 15) is 5.21 Å². The van der Waals surface area contributed by atoms with Gasteiger partial charge in [-0.3, -0.25) is 10.7 Å². The number of nitrogens with zero attached hydrogens (tertiary/aromatic N) is 4. The lowest BCUT2D eigenvalue weighted by atomic mass is 10.2. The number of hydrogen-bond acceptors (Lipinski definition) is 5. The maximum Gasteiger partial charge on any atom is 0.173 e. The standard InChI is InChI=1S/C21H25Cl2N5O/c1-16-3-7-19(8-4-16)25-21(27-29)17(2)26-24-15-18-5-9-20(10-6-18)28(13-11-22)14-12-23/h3-10,15,29H,11-14H2,1-2H3,(H,25,27)/b24-15+,26-17+. The average Bonchev–Trinajstić information content (AvgIpc) is 2.73. The molecular formula is C21H25Cl2N5O. The summed E-state index contributed by atoms with van der Waals surface area (Å²) < 4.78 is 0. The zero-order valence-electron chi connectivity index (χ0n) is 16.5. The Morgan fingerprint density at radius 2 is 1.66 bits per heavy atom. The van der Waals surface area contributed by atoms with Crippen LogP contribution < -0.4 is 10.4 Å². The maximum absolute atomic E-state index is 9.36. The molecular weight excluding hydrogens is 409 g/mol. The summed E-state index contributed by atoms with van der Waals surface area (Å²) in [6, 6.07) is 15.5. The van der Waals surface area contributed by atoms with Crippen molar-refractivity contribution in [2.75, 3.05) is 29.7 Å². The molecule has 0 amide bonds. The van der Waals surface area contributed by atoms with Crippen LogP contribution in [0.15, 0.2) is 63.7 Å². The molecule has 2 aromatic carbocycles. The molecule has 0 fully saturated rings. The lowest BCUT2D eigenvalue weighted by Crippen LogP contribution is -2.27. The summed E-state index contributed by atoms with van der Waals surface area (Å²) in [5.74, 6) is 1.32. The van der Waals surface area contributed by atoms with E-state index < -0.39 is 0 Å². The Morgan fingerprint density at radius 3 is 2.21 bits per heavy atom. The van der Waals surface area contributed by atoms with E-state index >= 15 is 0 Å². The zero-order valence-corrected chi connectivity index (χ0v) is 18.0. The smallest absolute Gasteiger partial charge is 0.173 e. The molecule has 0 aromatic heterocycles. The molecule has 0 unspecified atom stereocenters. The van der Waals surface area contributed by atoms with Crippen molar-refractivity contribution in [3.05, 3.63) is 59.7 Å². The number of anilines is 1. The van der Waals surface area contributed by atoms with Gasteiger partial charge in [-0.05, 0) is 43.7 Å². The SMILES string of the molecule is C/C(=N\N=C\c1ccc(N(CCCl)CCCl)cc1)C(=Nc1ccc(C)cc1)NO. The number of aliphatic imine (C=N–C) groups is 1. The highest BCUT2D eigenvalue weighted by Gasteiger charge is 2.05. The highest BCUT2D eigenvalue weighted by Crippen LogP contribution is 2.15. The summed E-state index contributed by atoms with van der Waals surface area (Å²) in [4.78, 5) is 6.46. The minimum Gasteiger partial charge on any atom is -0.369 e. The number of nitrogens with one attached hydrogen (secondary N) is 1. The number of alkyl halides is 2. The second-order valence-corrected chi connectivity index (χ2v) is 7.05. The van der Waals surface area contributed by atoms with Crippen molar-refractivity contribution in [3.63, 3.8) is 0 Å². The molecule has 0 bridgehead atoms. The van der Waals surface area contributed by atoms with Crippen LogP contribution >= 0.6 is 23.2 Å². The highest BCUT2D eigenvalue weighted by molar-refractivity contribution is 6.40. The van der Waals surface area contributed by atoms with Gasteiger partial charge in [-0.25, -0.2) is 4.99 Å². The minimum absolute atomic E-state index is 0.235. The minimum atomic E-state index is 0.235. The van der Waals surface area contributed by atoms with E-state index in [1.165, 1.54) is 0 Å². The fourth-order valence-electron chi connectivity index (χ4n) is 2.51. The third-order valence-electron chi connectivity index (χ3n) is 4.11. The van der Waals surface area contributed by atoms with Gasteiger partial charge < -0.3 is 4.90 Å². The van der Waals surface area contributed by atoms with Gasteiger partial charge in [0.2, 0.25) is 0 Å². The lowest BCUT2D eigenvalue weighted by molar-refractivity contribution is 0.236. The van der Waals surface area contributed by atoms with Gasteiger partial charge in [0, 0.05) is 30.5 Å². The van der Waals surface area contributed by atoms with Gasteiger partial charge >= 0.3 is 0 Å². The van der Waals surface area contributed by atoms with Crippen LogP contribution in [0.2, 0.25) is 0 Å². The summed E-state index contributed by atoms with van der Waals surface area (Å²) in [5.41, 5.74) is 6.33. The Balaban J connectivity index is 2.07. The van der Waals surface area contributed by atoms with Gasteiger partial charge in [-0.1, -0.05) is 29.8 Å². The largest absolute Gasteiger partial charge is 0.369 e. The number of rotatable bonds is 9. The predicted molar refractivity (Wildman–Crippen MR) is 124 cm³/mol. The first-order chi connectivity index (χ1) is 14.1. The van der Waals surface area contributed by atoms with Gasteiger partial charge in [0.25, 0.3) is 0 Å². The van der Waals surface area contributed by atoms with Crippen LogP contribution in [-0.2, 0) is 0 Å². The fourth-order valence-corrected chi connectivity index (χ4v) is 2.92. The molecule has 29 heavy (non-hydrogen) atoms. The maximum atomic E-state index is 9.36. The first-order valence-corrected chi connectivity index (χ1v) is 10.2. The first kappa shape index (κ1) is 22.9. The molecule has 0 aliphatic carbocycles. The molecule has 8 heteroatoms. The summed E-state index contributed by atoms with van der Waals surface area (Å²) in [6.07, 6.45) is 1.64. The fraction of sp³-hybridized carbons (Fsp3) is 0.286. The molecule has 6 nitrogen and oxygen atoms in total. The molecule has 0 saturated carbocycles. The Bertz CT molecular complexity index is 842. The summed E-state index contributed by atoms with van der Waals surface area (Å²) in [5, 5.41) is 17.6. The van der Waals surface area contributed by atoms with Crippen molar-refractivity contribution in [1.29, 1.82) is 0 Å². The van der Waals surface area contributed by atoms with Crippen molar-refractivity contribution in [1.82, 2.24) is 5.48 Å². The van der Waals surface area contributed by atoms with E-state index in [0.717, 1.165) is 29.9 Å². The number of halogens is 2. The van der Waals surface area contributed by atoms with Crippen LogP contribution in [-0.4, -0.2) is 47.8 Å². The van der Waals surface area contributed by atoms with E-state index in [0.29, 0.717) is 23.2 Å². The molecule has 0 atom stereocenters. The number of benzene rings is 2. The van der Waals surface area contributed by atoms with Crippen LogP contribution in [0.3, 0.4) is 0 Å².